The molecule has 1 fully saturated rings. The first kappa shape index (κ1) is 22.7. The monoisotopic (exact) mass is 419 g/mol. The van der Waals surface area contributed by atoms with Crippen LogP contribution < -0.4 is 5.32 Å². The van der Waals surface area contributed by atoms with Crippen LogP contribution in [0.1, 0.15) is 31.2 Å². The van der Waals surface area contributed by atoms with Gasteiger partial charge in [0, 0.05) is 24.0 Å². The van der Waals surface area contributed by atoms with E-state index in [0.717, 1.165) is 16.5 Å². The fourth-order valence-electron chi connectivity index (χ4n) is 3.15. The Morgan fingerprint density at radius 2 is 1.76 bits per heavy atom. The van der Waals surface area contributed by atoms with Crippen molar-refractivity contribution in [1.29, 1.82) is 0 Å². The Labute approximate surface area is 163 Å². The molecule has 1 heterocycles. The lowest BCUT2D eigenvalue weighted by Gasteiger charge is -2.32. The van der Waals surface area contributed by atoms with E-state index in [0.29, 0.717) is 32.2 Å². The number of carboxylic acids is 2. The van der Waals surface area contributed by atoms with Crippen LogP contribution >= 0.6 is 0 Å². The topological polar surface area (TPSA) is 99.8 Å². The van der Waals surface area contributed by atoms with Gasteiger partial charge in [0.15, 0.2) is 0 Å². The van der Waals surface area contributed by atoms with Crippen molar-refractivity contribution in [2.45, 2.75) is 44.1 Å². The highest BCUT2D eigenvalue weighted by Crippen LogP contribution is 2.35. The van der Waals surface area contributed by atoms with E-state index in [2.05, 4.69) is 5.32 Å². The minimum absolute atomic E-state index is 0.249. The van der Waals surface area contributed by atoms with Crippen LogP contribution in [0.5, 0.6) is 0 Å². The fourth-order valence-corrected chi connectivity index (χ4v) is 3.15. The molecule has 1 aromatic heterocycles. The third kappa shape index (κ3) is 6.45. The zero-order valence-electron chi connectivity index (χ0n) is 15.3. The number of carbonyl (C=O) groups is 2. The first-order chi connectivity index (χ1) is 13.5. The minimum Gasteiger partial charge on any atom is -0.481 e. The minimum atomic E-state index is -5.08. The molecule has 0 saturated heterocycles. The second kappa shape index (κ2) is 9.25. The molecule has 0 amide bonds. The molecule has 0 aliphatic heterocycles. The first-order valence-corrected chi connectivity index (χ1v) is 8.89. The summed E-state index contributed by atoms with van der Waals surface area (Å²) in [5.74, 6) is -3.95. The highest BCUT2D eigenvalue weighted by molar-refractivity contribution is 5.80. The van der Waals surface area contributed by atoms with Crippen molar-refractivity contribution in [3.05, 3.63) is 36.1 Å². The number of alkyl halides is 4. The molecular formula is C19H21F4NO5. The molecule has 0 bridgehead atoms. The molecular weight excluding hydrogens is 398 g/mol. The van der Waals surface area contributed by atoms with Gasteiger partial charge in [0.05, 0.1) is 12.2 Å². The van der Waals surface area contributed by atoms with Crippen LogP contribution in [0.4, 0.5) is 17.6 Å². The maximum absolute atomic E-state index is 14.7. The zero-order valence-corrected chi connectivity index (χ0v) is 15.3. The number of rotatable bonds is 5. The van der Waals surface area contributed by atoms with Gasteiger partial charge in [-0.2, -0.15) is 13.2 Å². The van der Waals surface area contributed by atoms with Crippen LogP contribution in [-0.2, 0) is 16.1 Å². The van der Waals surface area contributed by atoms with Gasteiger partial charge < -0.3 is 19.9 Å². The highest BCUT2D eigenvalue weighted by Gasteiger charge is 2.38. The van der Waals surface area contributed by atoms with E-state index in [-0.39, 0.29) is 12.5 Å². The third-order valence-corrected chi connectivity index (χ3v) is 4.79. The number of fused-ring (bicyclic) bond motifs is 1. The smallest absolute Gasteiger partial charge is 0.481 e. The van der Waals surface area contributed by atoms with E-state index in [9.17, 15) is 22.4 Å². The molecule has 0 spiro atoms. The number of halogens is 4. The van der Waals surface area contributed by atoms with Gasteiger partial charge in [-0.3, -0.25) is 4.79 Å². The molecule has 2 aromatic rings. The fraction of sp³-hybridized carbons (Fsp3) is 0.474. The lowest BCUT2D eigenvalue weighted by molar-refractivity contribution is -0.192. The predicted molar refractivity (Wildman–Crippen MR) is 95.0 cm³/mol. The molecule has 0 radical (unpaired) electrons. The van der Waals surface area contributed by atoms with Gasteiger partial charge in [0.2, 0.25) is 0 Å². The van der Waals surface area contributed by atoms with Crippen LogP contribution in [0.25, 0.3) is 11.0 Å². The molecule has 29 heavy (non-hydrogen) atoms. The summed E-state index contributed by atoms with van der Waals surface area (Å²) in [5, 5.41) is 20.3. The molecule has 6 nitrogen and oxygen atoms in total. The summed E-state index contributed by atoms with van der Waals surface area (Å²) in [6.07, 6.45) is -1.93. The van der Waals surface area contributed by atoms with Crippen LogP contribution in [-0.4, -0.2) is 40.5 Å². The predicted octanol–water partition coefficient (Wildman–Crippen LogP) is 4.14. The summed E-state index contributed by atoms with van der Waals surface area (Å²) in [7, 11) is 0. The maximum Gasteiger partial charge on any atom is 0.490 e. The van der Waals surface area contributed by atoms with E-state index in [1.807, 2.05) is 24.3 Å². The average Bonchev–Trinajstić information content (AvgIpc) is 3.05. The normalized spacial score (nSPS) is 22.0. The summed E-state index contributed by atoms with van der Waals surface area (Å²) in [4.78, 5) is 19.8. The van der Waals surface area contributed by atoms with Gasteiger partial charge >= 0.3 is 18.1 Å². The van der Waals surface area contributed by atoms with Gasteiger partial charge in [-0.15, -0.1) is 0 Å². The van der Waals surface area contributed by atoms with Gasteiger partial charge in [0.25, 0.3) is 0 Å². The maximum atomic E-state index is 14.7. The van der Waals surface area contributed by atoms with Crippen LogP contribution in [0, 0.1) is 5.92 Å². The molecule has 0 atom stereocenters. The number of carboxylic acid groups (broad SMARTS) is 2. The standard InChI is InChI=1S/C17H20FNO3.C2HF3O2/c18-17(7-5-12(6-8-17)16(20)21)11-19-9-13-10-22-15-4-2-1-3-14(13)15;3-2(4,5)1(6)7/h1-4,10,12,19H,5-9,11H2,(H,20,21);(H,6,7). The van der Waals surface area contributed by atoms with Gasteiger partial charge in [-0.25, -0.2) is 9.18 Å². The Kier molecular flexibility index (Phi) is 7.23. The molecule has 3 rings (SSSR count). The Morgan fingerprint density at radius 3 is 2.31 bits per heavy atom. The van der Waals surface area contributed by atoms with Crippen molar-refractivity contribution < 1.29 is 41.8 Å². The summed E-state index contributed by atoms with van der Waals surface area (Å²) < 4.78 is 51.9. The van der Waals surface area contributed by atoms with Crippen LogP contribution in [0.3, 0.4) is 0 Å². The lowest BCUT2D eigenvalue weighted by Crippen LogP contribution is -2.40. The number of para-hydroxylation sites is 1. The molecule has 0 unspecified atom stereocenters. The average molecular weight is 419 g/mol. The van der Waals surface area contributed by atoms with E-state index in [1.165, 1.54) is 0 Å². The van der Waals surface area contributed by atoms with E-state index >= 15 is 0 Å². The van der Waals surface area contributed by atoms with Crippen molar-refractivity contribution in [3.63, 3.8) is 0 Å². The molecule has 1 saturated carbocycles. The Morgan fingerprint density at radius 1 is 1.17 bits per heavy atom. The third-order valence-electron chi connectivity index (χ3n) is 4.79. The summed E-state index contributed by atoms with van der Waals surface area (Å²) in [6.45, 7) is 0.796. The van der Waals surface area contributed by atoms with Crippen LogP contribution in [0.2, 0.25) is 0 Å². The number of benzene rings is 1. The van der Waals surface area contributed by atoms with Gasteiger partial charge in [-0.05, 0) is 31.7 Å². The highest BCUT2D eigenvalue weighted by atomic mass is 19.4. The van der Waals surface area contributed by atoms with Crippen molar-refractivity contribution in [1.82, 2.24) is 5.32 Å². The zero-order chi connectivity index (χ0) is 21.7. The van der Waals surface area contributed by atoms with Gasteiger partial charge in [0.1, 0.15) is 11.3 Å². The number of furan rings is 1. The largest absolute Gasteiger partial charge is 0.490 e. The van der Waals surface area contributed by atoms with Crippen molar-refractivity contribution in [2.24, 2.45) is 5.92 Å². The summed E-state index contributed by atoms with van der Waals surface area (Å²) in [6, 6.07) is 7.76. The Balaban J connectivity index is 0.000000370. The second-order valence-electron chi connectivity index (χ2n) is 6.93. The SMILES string of the molecule is O=C(O)C(F)(F)F.O=C(O)C1CCC(F)(CNCc2coc3ccccc23)CC1. The summed E-state index contributed by atoms with van der Waals surface area (Å²) >= 11 is 0. The summed E-state index contributed by atoms with van der Waals surface area (Å²) in [5.41, 5.74) is 0.542. The Bertz CT molecular complexity index is 840. The van der Waals surface area contributed by atoms with E-state index < -0.39 is 23.8 Å². The molecule has 1 aromatic carbocycles. The first-order valence-electron chi connectivity index (χ1n) is 8.89. The van der Waals surface area contributed by atoms with E-state index in [4.69, 9.17) is 19.4 Å². The van der Waals surface area contributed by atoms with Crippen LogP contribution in [0.15, 0.2) is 34.9 Å². The number of hydrogen-bond donors (Lipinski definition) is 3. The van der Waals surface area contributed by atoms with Crippen molar-refractivity contribution >= 4 is 22.9 Å². The molecule has 160 valence electrons. The molecule has 3 N–H and O–H groups in total. The number of nitrogens with one attached hydrogen (secondary N) is 1. The van der Waals surface area contributed by atoms with Crippen molar-refractivity contribution in [2.75, 3.05) is 6.54 Å². The molecule has 10 heteroatoms. The van der Waals surface area contributed by atoms with Gasteiger partial charge in [-0.1, -0.05) is 18.2 Å². The quantitative estimate of drug-likeness (QED) is 0.630. The molecule has 1 aliphatic rings. The molecule has 1 aliphatic carbocycles. The lowest BCUT2D eigenvalue weighted by atomic mass is 9.80. The Hall–Kier alpha value is -2.62. The second-order valence-corrected chi connectivity index (χ2v) is 6.93. The van der Waals surface area contributed by atoms with Crippen molar-refractivity contribution in [3.8, 4) is 0 Å². The van der Waals surface area contributed by atoms with E-state index in [1.54, 1.807) is 6.26 Å². The number of aliphatic carboxylic acids is 2. The number of hydrogen-bond acceptors (Lipinski definition) is 4.